The Morgan fingerprint density at radius 1 is 1.29 bits per heavy atom. The summed E-state index contributed by atoms with van der Waals surface area (Å²) in [5, 5.41) is 4.07. The minimum atomic E-state index is 0.0430. The van der Waals surface area contributed by atoms with E-state index in [4.69, 9.17) is 11.6 Å². The van der Waals surface area contributed by atoms with Crippen molar-refractivity contribution in [1.29, 1.82) is 0 Å². The number of carbonyl (C=O) groups excluding carboxylic acids is 1. The van der Waals surface area contributed by atoms with Gasteiger partial charge in [0.25, 0.3) is 0 Å². The predicted molar refractivity (Wildman–Crippen MR) is 72.6 cm³/mol. The van der Waals surface area contributed by atoms with Crippen LogP contribution in [0.15, 0.2) is 24.3 Å². The number of rotatable bonds is 6. The zero-order chi connectivity index (χ0) is 12.9. The molecule has 0 unspecified atom stereocenters. The zero-order valence-corrected chi connectivity index (χ0v) is 11.5. The molecule has 0 bridgehead atoms. The second-order valence-corrected chi connectivity index (χ2v) is 5.46. The topological polar surface area (TPSA) is 29.1 Å². The number of benzene rings is 1. The van der Waals surface area contributed by atoms with Gasteiger partial charge in [-0.15, -0.1) is 0 Å². The molecule has 2 nitrogen and oxygen atoms in total. The Morgan fingerprint density at radius 2 is 1.88 bits per heavy atom. The Balaban J connectivity index is 2.50. The lowest BCUT2D eigenvalue weighted by atomic mass is 9.84. The average molecular weight is 254 g/mol. The van der Waals surface area contributed by atoms with Crippen molar-refractivity contribution in [2.24, 2.45) is 0 Å². The summed E-state index contributed by atoms with van der Waals surface area (Å²) in [6.45, 7) is 7.56. The maximum absolute atomic E-state index is 10.8. The van der Waals surface area contributed by atoms with Crippen LogP contribution in [0.1, 0.15) is 32.8 Å². The van der Waals surface area contributed by atoms with E-state index in [0.717, 1.165) is 18.1 Å². The molecule has 0 fully saturated rings. The van der Waals surface area contributed by atoms with E-state index in [1.54, 1.807) is 6.92 Å². The summed E-state index contributed by atoms with van der Waals surface area (Å²) in [4.78, 5) is 10.8. The summed E-state index contributed by atoms with van der Waals surface area (Å²) in [5.41, 5.74) is 1.29. The molecule has 1 rings (SSSR count). The van der Waals surface area contributed by atoms with Crippen LogP contribution in [0, 0.1) is 0 Å². The van der Waals surface area contributed by atoms with Crippen molar-refractivity contribution in [1.82, 2.24) is 5.32 Å². The predicted octanol–water partition coefficient (Wildman–Crippen LogP) is 3.19. The SMILES string of the molecule is CC(=O)CCNCC(C)(C)c1ccc(Cl)cc1. The molecule has 0 amide bonds. The molecule has 17 heavy (non-hydrogen) atoms. The third kappa shape index (κ3) is 4.88. The maximum atomic E-state index is 10.8. The first kappa shape index (κ1) is 14.2. The van der Waals surface area contributed by atoms with Crippen LogP contribution in [0.25, 0.3) is 0 Å². The Hall–Kier alpha value is -0.860. The Kier molecular flexibility index (Phi) is 5.16. The molecule has 1 aromatic carbocycles. The fourth-order valence-electron chi connectivity index (χ4n) is 1.67. The molecule has 3 heteroatoms. The number of nitrogens with one attached hydrogen (secondary N) is 1. The van der Waals surface area contributed by atoms with E-state index >= 15 is 0 Å². The van der Waals surface area contributed by atoms with Gasteiger partial charge in [0.05, 0.1) is 0 Å². The summed E-state index contributed by atoms with van der Waals surface area (Å²) in [6, 6.07) is 7.92. The van der Waals surface area contributed by atoms with Gasteiger partial charge in [-0.1, -0.05) is 37.6 Å². The van der Waals surface area contributed by atoms with Crippen molar-refractivity contribution in [3.05, 3.63) is 34.9 Å². The zero-order valence-electron chi connectivity index (χ0n) is 10.7. The van der Waals surface area contributed by atoms with E-state index in [1.807, 2.05) is 12.1 Å². The number of Topliss-reactive ketones (excluding diaryl/α,β-unsaturated/α-hetero) is 1. The third-order valence-electron chi connectivity index (χ3n) is 2.85. The quantitative estimate of drug-likeness (QED) is 0.789. The number of halogens is 1. The van der Waals surface area contributed by atoms with Gasteiger partial charge in [0, 0.05) is 29.9 Å². The molecule has 0 aliphatic heterocycles. The second-order valence-electron chi connectivity index (χ2n) is 5.02. The van der Waals surface area contributed by atoms with Gasteiger partial charge < -0.3 is 5.32 Å². The first-order chi connectivity index (χ1) is 7.92. The Morgan fingerprint density at radius 3 is 2.41 bits per heavy atom. The molecule has 0 spiro atoms. The number of hydrogen-bond donors (Lipinski definition) is 1. The van der Waals surface area contributed by atoms with Gasteiger partial charge in [0.2, 0.25) is 0 Å². The van der Waals surface area contributed by atoms with Crippen LogP contribution in [0.3, 0.4) is 0 Å². The van der Waals surface area contributed by atoms with Crippen molar-refractivity contribution in [2.75, 3.05) is 13.1 Å². The molecule has 1 aromatic rings. The van der Waals surface area contributed by atoms with Crippen molar-refractivity contribution >= 4 is 17.4 Å². The standard InChI is InChI=1S/C14H20ClNO/c1-11(17)8-9-16-10-14(2,3)12-4-6-13(15)7-5-12/h4-7,16H,8-10H2,1-3H3. The molecule has 0 heterocycles. The highest BCUT2D eigenvalue weighted by molar-refractivity contribution is 6.30. The lowest BCUT2D eigenvalue weighted by Crippen LogP contribution is -2.33. The minimum absolute atomic E-state index is 0.0430. The largest absolute Gasteiger partial charge is 0.315 e. The second kappa shape index (κ2) is 6.18. The molecular weight excluding hydrogens is 234 g/mol. The highest BCUT2D eigenvalue weighted by Gasteiger charge is 2.19. The van der Waals surface area contributed by atoms with Crippen LogP contribution >= 0.6 is 11.6 Å². The summed E-state index contributed by atoms with van der Waals surface area (Å²) >= 11 is 5.87. The number of carbonyl (C=O) groups is 1. The molecule has 0 saturated carbocycles. The maximum Gasteiger partial charge on any atom is 0.131 e. The van der Waals surface area contributed by atoms with Gasteiger partial charge in [0.15, 0.2) is 0 Å². The van der Waals surface area contributed by atoms with Gasteiger partial charge in [-0.25, -0.2) is 0 Å². The number of ketones is 1. The molecule has 1 N–H and O–H groups in total. The third-order valence-corrected chi connectivity index (χ3v) is 3.10. The minimum Gasteiger partial charge on any atom is -0.315 e. The van der Waals surface area contributed by atoms with Crippen molar-refractivity contribution in [3.63, 3.8) is 0 Å². The molecule has 0 aliphatic carbocycles. The monoisotopic (exact) mass is 253 g/mol. The van der Waals surface area contributed by atoms with E-state index in [-0.39, 0.29) is 11.2 Å². The van der Waals surface area contributed by atoms with Crippen LogP contribution in [0.5, 0.6) is 0 Å². The number of hydrogen-bond acceptors (Lipinski definition) is 2. The Labute approximate surface area is 108 Å². The van der Waals surface area contributed by atoms with Crippen LogP contribution in [0.4, 0.5) is 0 Å². The van der Waals surface area contributed by atoms with Gasteiger partial charge >= 0.3 is 0 Å². The van der Waals surface area contributed by atoms with Crippen molar-refractivity contribution < 1.29 is 4.79 Å². The van der Waals surface area contributed by atoms with E-state index in [9.17, 15) is 4.79 Å². The smallest absolute Gasteiger partial charge is 0.131 e. The normalized spacial score (nSPS) is 11.5. The molecule has 0 saturated heterocycles. The van der Waals surface area contributed by atoms with Crippen LogP contribution in [-0.2, 0) is 10.2 Å². The average Bonchev–Trinajstić information content (AvgIpc) is 2.25. The van der Waals surface area contributed by atoms with E-state index < -0.39 is 0 Å². The van der Waals surface area contributed by atoms with Gasteiger partial charge in [-0.05, 0) is 24.6 Å². The molecule has 0 aliphatic rings. The van der Waals surface area contributed by atoms with Crippen molar-refractivity contribution in [3.8, 4) is 0 Å². The summed E-state index contributed by atoms with van der Waals surface area (Å²) in [7, 11) is 0. The summed E-state index contributed by atoms with van der Waals surface area (Å²) < 4.78 is 0. The van der Waals surface area contributed by atoms with E-state index in [1.165, 1.54) is 5.56 Å². The fourth-order valence-corrected chi connectivity index (χ4v) is 1.79. The lowest BCUT2D eigenvalue weighted by molar-refractivity contribution is -0.116. The van der Waals surface area contributed by atoms with Crippen LogP contribution in [0.2, 0.25) is 5.02 Å². The van der Waals surface area contributed by atoms with E-state index in [0.29, 0.717) is 6.42 Å². The van der Waals surface area contributed by atoms with Crippen molar-refractivity contribution in [2.45, 2.75) is 32.6 Å². The summed E-state index contributed by atoms with van der Waals surface area (Å²) in [5.74, 6) is 0.224. The highest BCUT2D eigenvalue weighted by atomic mass is 35.5. The van der Waals surface area contributed by atoms with Crippen LogP contribution in [-0.4, -0.2) is 18.9 Å². The molecule has 0 aromatic heterocycles. The van der Waals surface area contributed by atoms with Gasteiger partial charge in [-0.3, -0.25) is 4.79 Å². The van der Waals surface area contributed by atoms with Crippen LogP contribution < -0.4 is 5.32 Å². The molecule has 0 atom stereocenters. The first-order valence-electron chi connectivity index (χ1n) is 5.88. The van der Waals surface area contributed by atoms with Gasteiger partial charge in [-0.2, -0.15) is 0 Å². The molecule has 94 valence electrons. The fraction of sp³-hybridized carbons (Fsp3) is 0.500. The van der Waals surface area contributed by atoms with Gasteiger partial charge in [0.1, 0.15) is 5.78 Å². The Bertz CT molecular complexity index is 370. The lowest BCUT2D eigenvalue weighted by Gasteiger charge is -2.25. The highest BCUT2D eigenvalue weighted by Crippen LogP contribution is 2.23. The first-order valence-corrected chi connectivity index (χ1v) is 6.26. The van der Waals surface area contributed by atoms with E-state index in [2.05, 4.69) is 31.3 Å². The molecular formula is C14H20ClNO. The summed E-state index contributed by atoms with van der Waals surface area (Å²) in [6.07, 6.45) is 0.594. The molecule has 0 radical (unpaired) electrons.